The number of amides is 3. The smallest absolute Gasteiger partial charge is 0.408 e. The summed E-state index contributed by atoms with van der Waals surface area (Å²) < 4.78 is 10.1. The molecule has 1 fully saturated rings. The van der Waals surface area contributed by atoms with Crippen molar-refractivity contribution < 1.29 is 33.8 Å². The van der Waals surface area contributed by atoms with Gasteiger partial charge in [-0.15, -0.1) is 0 Å². The Morgan fingerprint density at radius 2 is 1.75 bits per heavy atom. The normalized spacial score (nSPS) is 17.6. The minimum atomic E-state index is -1.08. The first-order valence-corrected chi connectivity index (χ1v) is 13.3. The maximum absolute atomic E-state index is 14.4. The Hall–Kier alpha value is -4.08. The van der Waals surface area contributed by atoms with E-state index in [1.807, 2.05) is 26.0 Å². The standard InChI is InChI=1S/C30H39N3O7/c1-18-8-7-9-21(14-18)26(27(36)31-17-25(35)39-6)33(24-15-19(24)2)28(37)23(32-29(38)40-30(3,4)5)16-20-10-12-22(34)13-11-20/h7-14,19,23-24,26,34H,15-17H2,1-6H3,(H,31,36)(H,32,38). The number of nitrogens with zero attached hydrogens (tertiary/aromatic N) is 1. The van der Waals surface area contributed by atoms with Crippen molar-refractivity contribution in [3.05, 3.63) is 65.2 Å². The molecule has 0 radical (unpaired) electrons. The lowest BCUT2D eigenvalue weighted by Crippen LogP contribution is -2.55. The number of benzene rings is 2. The molecule has 0 saturated heterocycles. The molecule has 3 N–H and O–H groups in total. The summed E-state index contributed by atoms with van der Waals surface area (Å²) in [5, 5.41) is 15.0. The molecule has 4 unspecified atom stereocenters. The summed E-state index contributed by atoms with van der Waals surface area (Å²) in [6.07, 6.45) is 0.00688. The first kappa shape index (κ1) is 30.5. The molecular formula is C30H39N3O7. The average Bonchev–Trinajstić information content (AvgIpc) is 3.60. The molecule has 1 aliphatic carbocycles. The molecular weight excluding hydrogens is 514 g/mol. The summed E-state index contributed by atoms with van der Waals surface area (Å²) in [4.78, 5) is 54.2. The van der Waals surface area contributed by atoms with Gasteiger partial charge in [-0.25, -0.2) is 4.79 Å². The second kappa shape index (κ2) is 12.8. The number of hydrogen-bond donors (Lipinski definition) is 3. The van der Waals surface area contributed by atoms with E-state index in [1.165, 1.54) is 24.1 Å². The molecule has 1 aliphatic rings. The van der Waals surface area contributed by atoms with Gasteiger partial charge in [-0.1, -0.05) is 48.9 Å². The van der Waals surface area contributed by atoms with Crippen molar-refractivity contribution in [3.8, 4) is 5.75 Å². The highest BCUT2D eigenvalue weighted by atomic mass is 16.6. The van der Waals surface area contributed by atoms with Gasteiger partial charge < -0.3 is 30.1 Å². The second-order valence-corrected chi connectivity index (χ2v) is 11.2. The van der Waals surface area contributed by atoms with Gasteiger partial charge in [0, 0.05) is 12.5 Å². The number of ether oxygens (including phenoxy) is 2. The number of carbonyl (C=O) groups excluding carboxylic acids is 4. The largest absolute Gasteiger partial charge is 0.508 e. The third-order valence-electron chi connectivity index (χ3n) is 6.56. The zero-order chi connectivity index (χ0) is 29.6. The van der Waals surface area contributed by atoms with E-state index >= 15 is 0 Å². The number of phenols is 1. The number of aromatic hydroxyl groups is 1. The topological polar surface area (TPSA) is 134 Å². The molecule has 216 valence electrons. The molecule has 10 nitrogen and oxygen atoms in total. The monoisotopic (exact) mass is 553 g/mol. The van der Waals surface area contributed by atoms with Gasteiger partial charge in [0.05, 0.1) is 7.11 Å². The summed E-state index contributed by atoms with van der Waals surface area (Å²) >= 11 is 0. The minimum Gasteiger partial charge on any atom is -0.508 e. The number of nitrogens with one attached hydrogen (secondary N) is 2. The number of aryl methyl sites for hydroxylation is 1. The summed E-state index contributed by atoms with van der Waals surface area (Å²) in [7, 11) is 1.23. The second-order valence-electron chi connectivity index (χ2n) is 11.2. The molecule has 0 bridgehead atoms. The van der Waals surface area contributed by atoms with Gasteiger partial charge in [0.2, 0.25) is 11.8 Å². The highest BCUT2D eigenvalue weighted by molar-refractivity contribution is 5.93. The van der Waals surface area contributed by atoms with Crippen LogP contribution in [0, 0.1) is 12.8 Å². The molecule has 10 heteroatoms. The van der Waals surface area contributed by atoms with Crippen molar-refractivity contribution >= 4 is 23.9 Å². The lowest BCUT2D eigenvalue weighted by atomic mass is 9.98. The summed E-state index contributed by atoms with van der Waals surface area (Å²) in [6.45, 7) is 8.69. The lowest BCUT2D eigenvalue weighted by molar-refractivity contribution is -0.145. The van der Waals surface area contributed by atoms with Crippen LogP contribution in [0.4, 0.5) is 4.79 Å². The van der Waals surface area contributed by atoms with Crippen LogP contribution in [-0.2, 0) is 30.3 Å². The first-order chi connectivity index (χ1) is 18.8. The Balaban J connectivity index is 2.03. The van der Waals surface area contributed by atoms with Crippen LogP contribution in [0.3, 0.4) is 0 Å². The zero-order valence-corrected chi connectivity index (χ0v) is 23.9. The van der Waals surface area contributed by atoms with Gasteiger partial charge in [0.1, 0.15) is 30.0 Å². The van der Waals surface area contributed by atoms with Crippen molar-refractivity contribution in [2.75, 3.05) is 13.7 Å². The van der Waals surface area contributed by atoms with E-state index < -0.39 is 41.6 Å². The van der Waals surface area contributed by atoms with Gasteiger partial charge in [-0.3, -0.25) is 14.4 Å². The van der Waals surface area contributed by atoms with E-state index in [0.29, 0.717) is 17.5 Å². The predicted octanol–water partition coefficient (Wildman–Crippen LogP) is 3.40. The van der Waals surface area contributed by atoms with E-state index in [1.54, 1.807) is 45.0 Å². The molecule has 3 rings (SSSR count). The molecule has 0 aliphatic heterocycles. The maximum Gasteiger partial charge on any atom is 0.408 e. The molecule has 2 aromatic rings. The summed E-state index contributed by atoms with van der Waals surface area (Å²) in [6, 6.07) is 11.2. The number of alkyl carbamates (subject to hydrolysis) is 1. The lowest BCUT2D eigenvalue weighted by Gasteiger charge is -2.35. The van der Waals surface area contributed by atoms with Gasteiger partial charge in [0.15, 0.2) is 0 Å². The van der Waals surface area contributed by atoms with Crippen LogP contribution < -0.4 is 10.6 Å². The minimum absolute atomic E-state index is 0.0712. The average molecular weight is 554 g/mol. The SMILES string of the molecule is COC(=O)CNC(=O)C(c1cccc(C)c1)N(C(=O)C(Cc1ccc(O)cc1)NC(=O)OC(C)(C)C)C1CC1C. The Kier molecular flexibility index (Phi) is 9.78. The quantitative estimate of drug-likeness (QED) is 0.384. The van der Waals surface area contributed by atoms with Crippen LogP contribution in [0.25, 0.3) is 0 Å². The van der Waals surface area contributed by atoms with E-state index in [9.17, 15) is 24.3 Å². The van der Waals surface area contributed by atoms with E-state index in [2.05, 4.69) is 15.4 Å². The number of rotatable bonds is 10. The predicted molar refractivity (Wildman–Crippen MR) is 148 cm³/mol. The molecule has 0 spiro atoms. The summed E-state index contributed by atoms with van der Waals surface area (Å²) in [5.74, 6) is -1.43. The van der Waals surface area contributed by atoms with E-state index in [0.717, 1.165) is 5.56 Å². The number of methoxy groups -OCH3 is 1. The molecule has 0 heterocycles. The highest BCUT2D eigenvalue weighted by Gasteiger charge is 2.48. The van der Waals surface area contributed by atoms with Crippen molar-refractivity contribution in [1.29, 1.82) is 0 Å². The molecule has 40 heavy (non-hydrogen) atoms. The molecule has 2 aromatic carbocycles. The molecule has 4 atom stereocenters. The van der Waals surface area contributed by atoms with Crippen LogP contribution in [0.15, 0.2) is 48.5 Å². The highest BCUT2D eigenvalue weighted by Crippen LogP contribution is 2.41. The zero-order valence-electron chi connectivity index (χ0n) is 23.9. The molecule has 0 aromatic heterocycles. The van der Waals surface area contributed by atoms with Gasteiger partial charge >= 0.3 is 12.1 Å². The van der Waals surface area contributed by atoms with Crippen molar-refractivity contribution in [2.45, 2.75) is 71.2 Å². The number of esters is 1. The van der Waals surface area contributed by atoms with Gasteiger partial charge in [0.25, 0.3) is 0 Å². The fourth-order valence-electron chi connectivity index (χ4n) is 4.48. The molecule has 1 saturated carbocycles. The van der Waals surface area contributed by atoms with Crippen molar-refractivity contribution in [2.24, 2.45) is 5.92 Å². The fourth-order valence-corrected chi connectivity index (χ4v) is 4.48. The van der Waals surface area contributed by atoms with Gasteiger partial charge in [-0.05, 0) is 63.3 Å². The van der Waals surface area contributed by atoms with Crippen LogP contribution >= 0.6 is 0 Å². The number of carbonyl (C=O) groups is 4. The van der Waals surface area contributed by atoms with Crippen LogP contribution in [0.1, 0.15) is 56.8 Å². The third kappa shape index (κ3) is 8.46. The van der Waals surface area contributed by atoms with Crippen LogP contribution in [-0.4, -0.2) is 65.2 Å². The fraction of sp³-hybridized carbons (Fsp3) is 0.467. The summed E-state index contributed by atoms with van der Waals surface area (Å²) in [5.41, 5.74) is 1.37. The Bertz CT molecular complexity index is 1220. The maximum atomic E-state index is 14.4. The van der Waals surface area contributed by atoms with Crippen molar-refractivity contribution in [3.63, 3.8) is 0 Å². The van der Waals surface area contributed by atoms with E-state index in [-0.39, 0.29) is 30.7 Å². The Morgan fingerprint density at radius 1 is 1.10 bits per heavy atom. The third-order valence-corrected chi connectivity index (χ3v) is 6.56. The van der Waals surface area contributed by atoms with Crippen LogP contribution in [0.2, 0.25) is 0 Å². The van der Waals surface area contributed by atoms with E-state index in [4.69, 9.17) is 4.74 Å². The number of hydrogen-bond acceptors (Lipinski definition) is 7. The number of phenolic OH excluding ortho intramolecular Hbond substituents is 1. The Labute approximate surface area is 235 Å². The molecule has 3 amide bonds. The van der Waals surface area contributed by atoms with Gasteiger partial charge in [-0.2, -0.15) is 0 Å². The first-order valence-electron chi connectivity index (χ1n) is 13.3. The van der Waals surface area contributed by atoms with Crippen molar-refractivity contribution in [1.82, 2.24) is 15.5 Å². The van der Waals surface area contributed by atoms with Crippen LogP contribution in [0.5, 0.6) is 5.75 Å². The Morgan fingerprint density at radius 3 is 2.30 bits per heavy atom.